The number of nitrogens with zero attached hydrogens (tertiary/aromatic N) is 1. The van der Waals surface area contributed by atoms with Gasteiger partial charge in [-0.25, -0.2) is 4.79 Å². The molecule has 146 valence electrons. The first-order valence-electron chi connectivity index (χ1n) is 8.69. The standard InChI is InChI=1S/C21H26N2O3.ClH/c1-16-9-8-10-17(2)20(16)22-19(24)15-23(3,4)13-14-26-21(25)18-11-6-5-7-12-18;/h5-12H,13-15H2,1-4H3;1H. The zero-order valence-corrected chi connectivity index (χ0v) is 17.0. The molecule has 0 aliphatic heterocycles. The van der Waals surface area contributed by atoms with Crippen LogP contribution in [0.5, 0.6) is 0 Å². The zero-order chi connectivity index (χ0) is 19.2. The maximum atomic E-state index is 12.4. The monoisotopic (exact) mass is 390 g/mol. The Morgan fingerprint density at radius 1 is 0.963 bits per heavy atom. The number of para-hydroxylation sites is 1. The number of likely N-dealkylation sites (N-methyl/N-ethyl adjacent to an activating group) is 1. The minimum Gasteiger partial charge on any atom is -1.00 e. The highest BCUT2D eigenvalue weighted by atomic mass is 35.5. The van der Waals surface area contributed by atoms with E-state index in [9.17, 15) is 9.59 Å². The van der Waals surface area contributed by atoms with E-state index in [4.69, 9.17) is 4.74 Å². The molecule has 5 nitrogen and oxygen atoms in total. The van der Waals surface area contributed by atoms with Crippen LogP contribution in [0, 0.1) is 13.8 Å². The van der Waals surface area contributed by atoms with Crippen LogP contribution in [-0.4, -0.2) is 50.2 Å². The van der Waals surface area contributed by atoms with Crippen molar-refractivity contribution >= 4 is 17.6 Å². The number of halogens is 1. The number of anilines is 1. The molecule has 2 aromatic rings. The number of ether oxygens (including phenoxy) is 1. The van der Waals surface area contributed by atoms with Gasteiger partial charge in [0.1, 0.15) is 13.2 Å². The molecule has 1 amide bonds. The van der Waals surface area contributed by atoms with Crippen LogP contribution >= 0.6 is 0 Å². The number of hydrogen-bond acceptors (Lipinski definition) is 3. The summed E-state index contributed by atoms with van der Waals surface area (Å²) in [4.78, 5) is 24.4. The van der Waals surface area contributed by atoms with E-state index in [0.717, 1.165) is 16.8 Å². The Hall–Kier alpha value is -2.37. The molecule has 0 spiro atoms. The summed E-state index contributed by atoms with van der Waals surface area (Å²) in [6, 6.07) is 14.8. The number of quaternary nitrogens is 1. The molecule has 0 radical (unpaired) electrons. The summed E-state index contributed by atoms with van der Waals surface area (Å²) in [6.45, 7) is 5.07. The van der Waals surface area contributed by atoms with Gasteiger partial charge >= 0.3 is 5.97 Å². The first-order valence-corrected chi connectivity index (χ1v) is 8.69. The summed E-state index contributed by atoms with van der Waals surface area (Å²) < 4.78 is 5.75. The lowest BCUT2D eigenvalue weighted by Crippen LogP contribution is -3.00. The van der Waals surface area contributed by atoms with Gasteiger partial charge in [-0.3, -0.25) is 4.79 Å². The number of rotatable bonds is 7. The molecule has 0 atom stereocenters. The lowest BCUT2D eigenvalue weighted by atomic mass is 10.1. The van der Waals surface area contributed by atoms with Gasteiger partial charge in [-0.15, -0.1) is 0 Å². The number of aryl methyl sites for hydroxylation is 2. The number of hydrogen-bond donors (Lipinski definition) is 1. The van der Waals surface area contributed by atoms with Crippen LogP contribution in [-0.2, 0) is 9.53 Å². The van der Waals surface area contributed by atoms with Crippen LogP contribution in [0.15, 0.2) is 48.5 Å². The van der Waals surface area contributed by atoms with Gasteiger partial charge in [0.05, 0.1) is 19.7 Å². The molecule has 0 fully saturated rings. The van der Waals surface area contributed by atoms with Gasteiger partial charge in [0.25, 0.3) is 5.91 Å². The molecule has 0 saturated carbocycles. The van der Waals surface area contributed by atoms with Gasteiger partial charge in [0.15, 0.2) is 6.54 Å². The Morgan fingerprint density at radius 3 is 2.15 bits per heavy atom. The van der Waals surface area contributed by atoms with Crippen LogP contribution in [0.2, 0.25) is 0 Å². The molecule has 0 unspecified atom stereocenters. The lowest BCUT2D eigenvalue weighted by Gasteiger charge is -2.29. The summed E-state index contributed by atoms with van der Waals surface area (Å²) in [7, 11) is 3.89. The topological polar surface area (TPSA) is 55.4 Å². The van der Waals surface area contributed by atoms with Gasteiger partial charge in [-0.2, -0.15) is 0 Å². The molecule has 2 rings (SSSR count). The highest BCUT2D eigenvalue weighted by molar-refractivity contribution is 5.93. The van der Waals surface area contributed by atoms with Crippen molar-refractivity contribution in [2.45, 2.75) is 13.8 Å². The summed E-state index contributed by atoms with van der Waals surface area (Å²) >= 11 is 0. The minimum absolute atomic E-state index is 0. The van der Waals surface area contributed by atoms with E-state index in [0.29, 0.717) is 23.1 Å². The summed E-state index contributed by atoms with van der Waals surface area (Å²) in [5, 5.41) is 3.00. The first kappa shape index (κ1) is 22.7. The molecule has 1 N–H and O–H groups in total. The highest BCUT2D eigenvalue weighted by Crippen LogP contribution is 2.19. The van der Waals surface area contributed by atoms with Crippen molar-refractivity contribution in [3.8, 4) is 0 Å². The van der Waals surface area contributed by atoms with Gasteiger partial charge in [-0.1, -0.05) is 36.4 Å². The molecule has 27 heavy (non-hydrogen) atoms. The fourth-order valence-electron chi connectivity index (χ4n) is 2.70. The van der Waals surface area contributed by atoms with E-state index >= 15 is 0 Å². The SMILES string of the molecule is Cc1cccc(C)c1NC(=O)C[N+](C)(C)CCOC(=O)c1ccccc1.[Cl-]. The number of amides is 1. The molecular weight excluding hydrogens is 364 g/mol. The molecule has 0 heterocycles. The second-order valence-electron chi connectivity index (χ2n) is 7.13. The van der Waals surface area contributed by atoms with Crippen LogP contribution < -0.4 is 17.7 Å². The van der Waals surface area contributed by atoms with Crippen LogP contribution in [0.3, 0.4) is 0 Å². The van der Waals surface area contributed by atoms with E-state index in [-0.39, 0.29) is 30.9 Å². The smallest absolute Gasteiger partial charge is 0.338 e. The Labute approximate surface area is 167 Å². The Balaban J connectivity index is 0.00000364. The number of nitrogens with one attached hydrogen (secondary N) is 1. The van der Waals surface area contributed by atoms with Crippen molar-refractivity contribution in [2.75, 3.05) is 39.1 Å². The van der Waals surface area contributed by atoms with E-state index in [2.05, 4.69) is 5.32 Å². The van der Waals surface area contributed by atoms with Crippen LogP contribution in [0.4, 0.5) is 5.69 Å². The molecule has 6 heteroatoms. The summed E-state index contributed by atoms with van der Waals surface area (Å²) in [5.41, 5.74) is 3.49. The highest BCUT2D eigenvalue weighted by Gasteiger charge is 2.21. The Kier molecular flexibility index (Phi) is 8.47. The predicted octanol–water partition coefficient (Wildman–Crippen LogP) is 0.179. The van der Waals surface area contributed by atoms with Crippen molar-refractivity contribution in [3.05, 3.63) is 65.2 Å². The van der Waals surface area contributed by atoms with Crippen LogP contribution in [0.25, 0.3) is 0 Å². The second kappa shape index (κ2) is 10.1. The van der Waals surface area contributed by atoms with Gasteiger partial charge in [0, 0.05) is 5.69 Å². The normalized spacial score (nSPS) is 10.7. The number of carbonyl (C=O) groups is 2. The van der Waals surface area contributed by atoms with E-state index < -0.39 is 0 Å². The number of benzene rings is 2. The molecule has 0 saturated heterocycles. The minimum atomic E-state index is -0.342. The van der Waals surface area contributed by atoms with Gasteiger partial charge in [0.2, 0.25) is 0 Å². The lowest BCUT2D eigenvalue weighted by molar-refractivity contribution is -0.882. The van der Waals surface area contributed by atoms with Crippen molar-refractivity contribution < 1.29 is 31.2 Å². The molecule has 0 aromatic heterocycles. The second-order valence-corrected chi connectivity index (χ2v) is 7.13. The van der Waals surface area contributed by atoms with Gasteiger partial charge in [-0.05, 0) is 37.1 Å². The Morgan fingerprint density at radius 2 is 1.56 bits per heavy atom. The molecule has 2 aromatic carbocycles. The third kappa shape index (κ3) is 7.04. The van der Waals surface area contributed by atoms with Crippen molar-refractivity contribution in [1.29, 1.82) is 0 Å². The third-order valence-corrected chi connectivity index (χ3v) is 4.26. The molecule has 0 aliphatic rings. The molecule has 0 aliphatic carbocycles. The molecular formula is C21H27ClN2O3. The average Bonchev–Trinajstić information content (AvgIpc) is 2.58. The summed E-state index contributed by atoms with van der Waals surface area (Å²) in [6.07, 6.45) is 0. The van der Waals surface area contributed by atoms with Crippen molar-refractivity contribution in [1.82, 2.24) is 0 Å². The third-order valence-electron chi connectivity index (χ3n) is 4.26. The maximum Gasteiger partial charge on any atom is 0.338 e. The zero-order valence-electron chi connectivity index (χ0n) is 16.3. The fraction of sp³-hybridized carbons (Fsp3) is 0.333. The number of carbonyl (C=O) groups excluding carboxylic acids is 2. The average molecular weight is 391 g/mol. The van der Waals surface area contributed by atoms with E-state index in [1.807, 2.05) is 52.2 Å². The predicted molar refractivity (Wildman–Crippen MR) is 103 cm³/mol. The maximum absolute atomic E-state index is 12.4. The quantitative estimate of drug-likeness (QED) is 0.542. The first-order chi connectivity index (χ1) is 12.3. The Bertz CT molecular complexity index is 756. The van der Waals surface area contributed by atoms with Crippen molar-refractivity contribution in [3.63, 3.8) is 0 Å². The molecule has 0 bridgehead atoms. The van der Waals surface area contributed by atoms with E-state index in [1.54, 1.807) is 24.3 Å². The largest absolute Gasteiger partial charge is 1.00 e. The number of esters is 1. The fourth-order valence-corrected chi connectivity index (χ4v) is 2.70. The van der Waals surface area contributed by atoms with Crippen LogP contribution in [0.1, 0.15) is 21.5 Å². The summed E-state index contributed by atoms with van der Waals surface area (Å²) in [5.74, 6) is -0.396. The van der Waals surface area contributed by atoms with E-state index in [1.165, 1.54) is 0 Å². The van der Waals surface area contributed by atoms with Gasteiger partial charge < -0.3 is 26.9 Å². The van der Waals surface area contributed by atoms with Crippen molar-refractivity contribution in [2.24, 2.45) is 0 Å².